The number of rotatable bonds is 5. The molecule has 1 fully saturated rings. The van der Waals surface area contributed by atoms with Crippen LogP contribution in [0.2, 0.25) is 0 Å². The van der Waals surface area contributed by atoms with E-state index in [1.165, 1.54) is 25.7 Å². The molecule has 90 valence electrons. The molecule has 1 aliphatic rings. The SMILES string of the molecule is CC(C)OCCN(C)C1CCCCC1Br. The van der Waals surface area contributed by atoms with Gasteiger partial charge in [0.1, 0.15) is 0 Å². The molecule has 15 heavy (non-hydrogen) atoms. The maximum atomic E-state index is 5.58. The Labute approximate surface area is 102 Å². The first-order valence-electron chi connectivity index (χ1n) is 6.07. The summed E-state index contributed by atoms with van der Waals surface area (Å²) in [5.74, 6) is 0. The molecule has 0 aliphatic heterocycles. The fourth-order valence-electron chi connectivity index (χ4n) is 2.16. The van der Waals surface area contributed by atoms with Gasteiger partial charge in [0.05, 0.1) is 12.7 Å². The van der Waals surface area contributed by atoms with E-state index in [0.29, 0.717) is 17.0 Å². The first-order valence-corrected chi connectivity index (χ1v) is 6.98. The lowest BCUT2D eigenvalue weighted by Gasteiger charge is -2.35. The molecule has 0 amide bonds. The summed E-state index contributed by atoms with van der Waals surface area (Å²) in [6, 6.07) is 0.703. The topological polar surface area (TPSA) is 12.5 Å². The third-order valence-electron chi connectivity index (χ3n) is 3.11. The zero-order valence-electron chi connectivity index (χ0n) is 10.2. The number of hydrogen-bond acceptors (Lipinski definition) is 2. The van der Waals surface area contributed by atoms with E-state index >= 15 is 0 Å². The zero-order chi connectivity index (χ0) is 11.3. The molecule has 0 bridgehead atoms. The van der Waals surface area contributed by atoms with Crippen molar-refractivity contribution in [3.05, 3.63) is 0 Å². The van der Waals surface area contributed by atoms with E-state index in [9.17, 15) is 0 Å². The van der Waals surface area contributed by atoms with Gasteiger partial charge >= 0.3 is 0 Å². The monoisotopic (exact) mass is 277 g/mol. The number of hydrogen-bond donors (Lipinski definition) is 0. The lowest BCUT2D eigenvalue weighted by molar-refractivity contribution is 0.0526. The molecule has 2 nitrogen and oxygen atoms in total. The molecule has 1 rings (SSSR count). The summed E-state index contributed by atoms with van der Waals surface area (Å²) in [5.41, 5.74) is 0. The summed E-state index contributed by atoms with van der Waals surface area (Å²) >= 11 is 3.79. The minimum absolute atomic E-state index is 0.351. The highest BCUT2D eigenvalue weighted by atomic mass is 79.9. The molecular weight excluding hydrogens is 254 g/mol. The smallest absolute Gasteiger partial charge is 0.0596 e. The largest absolute Gasteiger partial charge is 0.377 e. The highest BCUT2D eigenvalue weighted by Gasteiger charge is 2.25. The summed E-state index contributed by atoms with van der Waals surface area (Å²) in [4.78, 5) is 3.12. The predicted molar refractivity (Wildman–Crippen MR) is 68.7 cm³/mol. The van der Waals surface area contributed by atoms with Crippen LogP contribution in [0.4, 0.5) is 0 Å². The summed E-state index contributed by atoms with van der Waals surface area (Å²) in [6.45, 7) is 6.08. The Bertz CT molecular complexity index is 175. The van der Waals surface area contributed by atoms with Gasteiger partial charge < -0.3 is 9.64 Å². The molecule has 0 saturated heterocycles. The van der Waals surface area contributed by atoms with Crippen molar-refractivity contribution >= 4 is 15.9 Å². The Morgan fingerprint density at radius 1 is 1.33 bits per heavy atom. The molecule has 0 radical (unpaired) electrons. The molecule has 0 aromatic rings. The van der Waals surface area contributed by atoms with E-state index in [0.717, 1.165) is 13.2 Å². The van der Waals surface area contributed by atoms with Crippen molar-refractivity contribution in [2.75, 3.05) is 20.2 Å². The maximum Gasteiger partial charge on any atom is 0.0596 e. The van der Waals surface area contributed by atoms with Crippen LogP contribution in [0.5, 0.6) is 0 Å². The molecule has 0 heterocycles. The minimum Gasteiger partial charge on any atom is -0.377 e. The second-order valence-electron chi connectivity index (χ2n) is 4.77. The number of ether oxygens (including phenoxy) is 1. The van der Waals surface area contributed by atoms with Crippen LogP contribution in [0.1, 0.15) is 39.5 Å². The highest BCUT2D eigenvalue weighted by Crippen LogP contribution is 2.27. The normalized spacial score (nSPS) is 27.6. The van der Waals surface area contributed by atoms with Crippen molar-refractivity contribution < 1.29 is 4.74 Å². The molecule has 2 atom stereocenters. The number of nitrogens with zero attached hydrogens (tertiary/aromatic N) is 1. The third kappa shape index (κ3) is 4.83. The fraction of sp³-hybridized carbons (Fsp3) is 1.00. The van der Waals surface area contributed by atoms with Crippen LogP contribution < -0.4 is 0 Å². The molecule has 0 aromatic heterocycles. The standard InChI is InChI=1S/C12H24BrNO/c1-10(2)15-9-8-14(3)12-7-5-4-6-11(12)13/h10-12H,4-9H2,1-3H3. The Hall–Kier alpha value is 0.400. The van der Waals surface area contributed by atoms with Gasteiger partial charge in [-0.25, -0.2) is 0 Å². The summed E-state index contributed by atoms with van der Waals surface area (Å²) in [5, 5.41) is 0. The van der Waals surface area contributed by atoms with E-state index in [2.05, 4.69) is 41.7 Å². The van der Waals surface area contributed by atoms with Crippen molar-refractivity contribution in [3.63, 3.8) is 0 Å². The minimum atomic E-state index is 0.351. The van der Waals surface area contributed by atoms with Crippen LogP contribution in [-0.2, 0) is 4.74 Å². The molecule has 0 aromatic carbocycles. The van der Waals surface area contributed by atoms with E-state index in [-0.39, 0.29) is 0 Å². The molecular formula is C12H24BrNO. The molecule has 1 saturated carbocycles. The van der Waals surface area contributed by atoms with Crippen LogP contribution in [0, 0.1) is 0 Å². The first kappa shape index (κ1) is 13.5. The van der Waals surface area contributed by atoms with E-state index in [4.69, 9.17) is 4.74 Å². The van der Waals surface area contributed by atoms with Crippen molar-refractivity contribution in [2.45, 2.75) is 56.5 Å². The van der Waals surface area contributed by atoms with Crippen LogP contribution in [0.3, 0.4) is 0 Å². The summed E-state index contributed by atoms with van der Waals surface area (Å²) < 4.78 is 5.58. The van der Waals surface area contributed by atoms with Gasteiger partial charge in [0.15, 0.2) is 0 Å². The van der Waals surface area contributed by atoms with Crippen molar-refractivity contribution in [1.82, 2.24) is 4.90 Å². The second kappa shape index (κ2) is 6.87. The van der Waals surface area contributed by atoms with Crippen molar-refractivity contribution in [1.29, 1.82) is 0 Å². The Balaban J connectivity index is 2.22. The molecule has 0 spiro atoms. The quantitative estimate of drug-likeness (QED) is 0.717. The van der Waals surface area contributed by atoms with Gasteiger partial charge in [-0.1, -0.05) is 28.8 Å². The number of alkyl halides is 1. The molecule has 0 N–H and O–H groups in total. The number of likely N-dealkylation sites (N-methyl/N-ethyl adjacent to an activating group) is 1. The van der Waals surface area contributed by atoms with Crippen LogP contribution in [0.15, 0.2) is 0 Å². The van der Waals surface area contributed by atoms with Crippen molar-refractivity contribution in [3.8, 4) is 0 Å². The van der Waals surface area contributed by atoms with Gasteiger partial charge in [0.25, 0.3) is 0 Å². The Morgan fingerprint density at radius 3 is 2.60 bits per heavy atom. The van der Waals surface area contributed by atoms with Gasteiger partial charge in [-0.15, -0.1) is 0 Å². The van der Waals surface area contributed by atoms with Crippen LogP contribution >= 0.6 is 15.9 Å². The maximum absolute atomic E-state index is 5.58. The van der Waals surface area contributed by atoms with E-state index in [1.807, 2.05) is 0 Å². The van der Waals surface area contributed by atoms with Crippen LogP contribution in [-0.4, -0.2) is 42.1 Å². The second-order valence-corrected chi connectivity index (χ2v) is 5.94. The summed E-state index contributed by atoms with van der Waals surface area (Å²) in [6.07, 6.45) is 5.75. The fourth-order valence-corrected chi connectivity index (χ4v) is 3.15. The van der Waals surface area contributed by atoms with Gasteiger partial charge in [0.2, 0.25) is 0 Å². The number of halogens is 1. The molecule has 3 heteroatoms. The average Bonchev–Trinajstić information content (AvgIpc) is 2.17. The van der Waals surface area contributed by atoms with Gasteiger partial charge in [-0.3, -0.25) is 0 Å². The predicted octanol–water partition coefficient (Wildman–Crippen LogP) is 3.05. The zero-order valence-corrected chi connectivity index (χ0v) is 11.8. The first-order chi connectivity index (χ1) is 7.11. The Kier molecular flexibility index (Phi) is 6.17. The molecule has 1 aliphatic carbocycles. The molecule has 2 unspecified atom stereocenters. The third-order valence-corrected chi connectivity index (χ3v) is 4.18. The van der Waals surface area contributed by atoms with Gasteiger partial charge in [-0.2, -0.15) is 0 Å². The lowest BCUT2D eigenvalue weighted by atomic mass is 9.94. The lowest BCUT2D eigenvalue weighted by Crippen LogP contribution is -2.42. The average molecular weight is 278 g/mol. The summed E-state index contributed by atoms with van der Waals surface area (Å²) in [7, 11) is 2.22. The van der Waals surface area contributed by atoms with Gasteiger partial charge in [0, 0.05) is 17.4 Å². The highest BCUT2D eigenvalue weighted by molar-refractivity contribution is 9.09. The van der Waals surface area contributed by atoms with E-state index < -0.39 is 0 Å². The van der Waals surface area contributed by atoms with Crippen LogP contribution in [0.25, 0.3) is 0 Å². The van der Waals surface area contributed by atoms with Gasteiger partial charge in [-0.05, 0) is 33.7 Å². The Morgan fingerprint density at radius 2 is 2.00 bits per heavy atom. The van der Waals surface area contributed by atoms with Crippen molar-refractivity contribution in [2.24, 2.45) is 0 Å². The van der Waals surface area contributed by atoms with E-state index in [1.54, 1.807) is 0 Å².